The Morgan fingerprint density at radius 3 is 3.04 bits per heavy atom. The minimum absolute atomic E-state index is 0.0943. The molecule has 118 valence electrons. The van der Waals surface area contributed by atoms with E-state index in [-0.39, 0.29) is 11.7 Å². The zero-order valence-corrected chi connectivity index (χ0v) is 15.2. The number of nitrogens with one attached hydrogen (secondary N) is 2. The molecule has 0 aliphatic carbocycles. The fraction of sp³-hybridized carbons (Fsp3) is 0.133. The van der Waals surface area contributed by atoms with Gasteiger partial charge in [0.2, 0.25) is 5.91 Å². The average molecular weight is 412 g/mol. The second-order valence-electron chi connectivity index (χ2n) is 4.87. The van der Waals surface area contributed by atoms with E-state index in [4.69, 9.17) is 11.6 Å². The van der Waals surface area contributed by atoms with Crippen molar-refractivity contribution >= 4 is 62.1 Å². The number of H-pyrrole nitrogens is 1. The van der Waals surface area contributed by atoms with Crippen molar-refractivity contribution in [3.63, 3.8) is 0 Å². The number of aromatic nitrogens is 3. The number of aryl methyl sites for hydroxylation is 1. The molecule has 1 aromatic carbocycles. The summed E-state index contributed by atoms with van der Waals surface area (Å²) in [4.78, 5) is 23.6. The summed E-state index contributed by atoms with van der Waals surface area (Å²) in [5.41, 5.74) is 3.18. The zero-order valence-electron chi connectivity index (χ0n) is 12.1. The number of benzene rings is 1. The number of amides is 1. The van der Waals surface area contributed by atoms with Crippen molar-refractivity contribution in [2.24, 2.45) is 0 Å². The lowest BCUT2D eigenvalue weighted by atomic mass is 10.2. The topological polar surface area (TPSA) is 70.7 Å². The Kier molecular flexibility index (Phi) is 4.89. The van der Waals surface area contributed by atoms with E-state index in [2.05, 4.69) is 36.2 Å². The molecule has 0 radical (unpaired) electrons. The first-order valence-corrected chi connectivity index (χ1v) is 8.87. The van der Waals surface area contributed by atoms with E-state index < -0.39 is 0 Å². The highest BCUT2D eigenvalue weighted by Crippen LogP contribution is 2.22. The van der Waals surface area contributed by atoms with Crippen LogP contribution >= 0.6 is 39.3 Å². The third-order valence-corrected chi connectivity index (χ3v) is 5.03. The molecule has 0 saturated carbocycles. The summed E-state index contributed by atoms with van der Waals surface area (Å²) in [5.74, 6) is 0.158. The molecular formula is C15H12BrClN4OS. The summed E-state index contributed by atoms with van der Waals surface area (Å²) >= 11 is 10.6. The van der Waals surface area contributed by atoms with Crippen molar-refractivity contribution in [1.29, 1.82) is 0 Å². The van der Waals surface area contributed by atoms with Gasteiger partial charge in [-0.05, 0) is 36.8 Å². The molecule has 0 spiro atoms. The van der Waals surface area contributed by atoms with Crippen LogP contribution in [0.1, 0.15) is 5.56 Å². The Balaban J connectivity index is 1.62. The number of pyridine rings is 1. The highest BCUT2D eigenvalue weighted by molar-refractivity contribution is 9.10. The van der Waals surface area contributed by atoms with Crippen molar-refractivity contribution in [3.8, 4) is 0 Å². The minimum Gasteiger partial charge on any atom is -0.331 e. The number of imidazole rings is 1. The maximum atomic E-state index is 12.0. The number of hydrogen-bond acceptors (Lipinski definition) is 4. The number of thioether (sulfide) groups is 1. The number of nitrogens with zero attached hydrogens (tertiary/aromatic N) is 2. The summed E-state index contributed by atoms with van der Waals surface area (Å²) in [6.45, 7) is 1.97. The van der Waals surface area contributed by atoms with Gasteiger partial charge in [0.25, 0.3) is 0 Å². The monoisotopic (exact) mass is 410 g/mol. The smallest absolute Gasteiger partial charge is 0.234 e. The fourth-order valence-corrected chi connectivity index (χ4v) is 3.05. The molecule has 2 aromatic heterocycles. The van der Waals surface area contributed by atoms with E-state index in [9.17, 15) is 4.79 Å². The van der Waals surface area contributed by atoms with Gasteiger partial charge in [-0.2, -0.15) is 0 Å². The van der Waals surface area contributed by atoms with Crippen LogP contribution in [0.2, 0.25) is 5.02 Å². The molecule has 2 heterocycles. The van der Waals surface area contributed by atoms with E-state index >= 15 is 0 Å². The predicted molar refractivity (Wildman–Crippen MR) is 97.1 cm³/mol. The Labute approximate surface area is 150 Å². The quantitative estimate of drug-likeness (QED) is 0.624. The van der Waals surface area contributed by atoms with Crippen molar-refractivity contribution < 1.29 is 4.79 Å². The molecule has 0 unspecified atom stereocenters. The number of rotatable bonds is 4. The second kappa shape index (κ2) is 6.90. The van der Waals surface area contributed by atoms with Gasteiger partial charge in [-0.1, -0.05) is 39.3 Å². The van der Waals surface area contributed by atoms with Crippen LogP contribution in [0.15, 0.2) is 40.1 Å². The van der Waals surface area contributed by atoms with Crippen LogP contribution in [0.3, 0.4) is 0 Å². The highest BCUT2D eigenvalue weighted by Gasteiger charge is 2.09. The van der Waals surface area contributed by atoms with Crippen molar-refractivity contribution in [2.75, 3.05) is 11.1 Å². The molecule has 5 nitrogen and oxygen atoms in total. The maximum Gasteiger partial charge on any atom is 0.234 e. The second-order valence-corrected chi connectivity index (χ2v) is 7.12. The van der Waals surface area contributed by atoms with Gasteiger partial charge in [-0.3, -0.25) is 4.79 Å². The lowest BCUT2D eigenvalue weighted by molar-refractivity contribution is -0.113. The molecule has 2 N–H and O–H groups in total. The molecule has 1 amide bonds. The van der Waals surface area contributed by atoms with Crippen LogP contribution in [0.4, 0.5) is 5.69 Å². The summed E-state index contributed by atoms with van der Waals surface area (Å²) in [7, 11) is 0. The van der Waals surface area contributed by atoms with E-state index in [1.165, 1.54) is 11.8 Å². The number of halogens is 2. The van der Waals surface area contributed by atoms with Crippen LogP contribution in [0.5, 0.6) is 0 Å². The molecule has 0 aliphatic heterocycles. The Morgan fingerprint density at radius 2 is 2.26 bits per heavy atom. The third kappa shape index (κ3) is 4.04. The van der Waals surface area contributed by atoms with Crippen molar-refractivity contribution in [2.45, 2.75) is 12.1 Å². The normalized spacial score (nSPS) is 10.9. The van der Waals surface area contributed by atoms with Crippen molar-refractivity contribution in [3.05, 3.63) is 45.5 Å². The Bertz CT molecular complexity index is 883. The molecule has 0 aliphatic rings. The molecule has 23 heavy (non-hydrogen) atoms. The molecule has 3 aromatic rings. The Morgan fingerprint density at radius 1 is 1.43 bits per heavy atom. The summed E-state index contributed by atoms with van der Waals surface area (Å²) in [6.07, 6.45) is 1.54. The van der Waals surface area contributed by atoms with Gasteiger partial charge in [0.1, 0.15) is 0 Å². The molecule has 0 saturated heterocycles. The lowest BCUT2D eigenvalue weighted by Gasteiger charge is -2.06. The summed E-state index contributed by atoms with van der Waals surface area (Å²) < 4.78 is 1.01. The maximum absolute atomic E-state index is 12.0. The largest absolute Gasteiger partial charge is 0.331 e. The first-order chi connectivity index (χ1) is 11.0. The lowest BCUT2D eigenvalue weighted by Crippen LogP contribution is -2.14. The molecular weight excluding hydrogens is 400 g/mol. The summed E-state index contributed by atoms with van der Waals surface area (Å²) in [6, 6.07) is 7.44. The molecule has 0 bridgehead atoms. The van der Waals surface area contributed by atoms with Crippen molar-refractivity contribution in [1.82, 2.24) is 15.0 Å². The van der Waals surface area contributed by atoms with Crippen LogP contribution in [-0.2, 0) is 4.79 Å². The van der Waals surface area contributed by atoms with E-state index in [1.807, 2.05) is 25.1 Å². The van der Waals surface area contributed by atoms with Gasteiger partial charge in [-0.25, -0.2) is 9.97 Å². The van der Waals surface area contributed by atoms with Gasteiger partial charge >= 0.3 is 0 Å². The standard InChI is InChI=1S/C15H12BrClN4OS/c1-8-4-10(2-3-11(8)16)19-13(22)7-23-15-20-12-5-9(17)6-18-14(12)21-15/h2-6H,7H2,1H3,(H,19,22)(H,18,20,21). The molecule has 8 heteroatoms. The number of anilines is 1. The number of hydrogen-bond donors (Lipinski definition) is 2. The number of carbonyl (C=O) groups is 1. The zero-order chi connectivity index (χ0) is 16.4. The van der Waals surface area contributed by atoms with Gasteiger partial charge in [0.15, 0.2) is 10.8 Å². The SMILES string of the molecule is Cc1cc(NC(=O)CSc2nc3ncc(Cl)cc3[nH]2)ccc1Br. The van der Waals surface area contributed by atoms with Gasteiger partial charge < -0.3 is 10.3 Å². The van der Waals surface area contributed by atoms with E-state index in [1.54, 1.807) is 12.3 Å². The first kappa shape index (κ1) is 16.3. The Hall–Kier alpha value is -1.57. The van der Waals surface area contributed by atoms with Crippen LogP contribution in [0.25, 0.3) is 11.2 Å². The van der Waals surface area contributed by atoms with E-state index in [0.29, 0.717) is 15.8 Å². The third-order valence-electron chi connectivity index (χ3n) is 3.06. The molecule has 3 rings (SSSR count). The average Bonchev–Trinajstić information content (AvgIpc) is 2.91. The van der Waals surface area contributed by atoms with Gasteiger partial charge in [0.05, 0.1) is 16.3 Å². The minimum atomic E-state index is -0.0943. The predicted octanol–water partition coefficient (Wildman–Crippen LogP) is 4.41. The summed E-state index contributed by atoms with van der Waals surface area (Å²) in [5, 5.41) is 4.04. The van der Waals surface area contributed by atoms with E-state index in [0.717, 1.165) is 21.2 Å². The molecule has 0 atom stereocenters. The highest BCUT2D eigenvalue weighted by atomic mass is 79.9. The number of aromatic amines is 1. The fourth-order valence-electron chi connectivity index (χ4n) is 1.97. The van der Waals surface area contributed by atoms with Gasteiger partial charge in [0, 0.05) is 16.4 Å². The van der Waals surface area contributed by atoms with Crippen LogP contribution in [0, 0.1) is 6.92 Å². The molecule has 0 fully saturated rings. The number of carbonyl (C=O) groups excluding carboxylic acids is 1. The number of fused-ring (bicyclic) bond motifs is 1. The first-order valence-electron chi connectivity index (χ1n) is 6.71. The van der Waals surface area contributed by atoms with Gasteiger partial charge in [-0.15, -0.1) is 0 Å². The van der Waals surface area contributed by atoms with Crippen LogP contribution in [-0.4, -0.2) is 26.6 Å². The van der Waals surface area contributed by atoms with Crippen LogP contribution < -0.4 is 5.32 Å².